The number of amides is 3. The van der Waals surface area contributed by atoms with Crippen LogP contribution in [-0.2, 0) is 14.4 Å². The molecular formula is C32H30N4O7S2. The Bertz CT molecular complexity index is 1780. The third-order valence-corrected chi connectivity index (χ3v) is 12.9. The predicted molar refractivity (Wildman–Crippen MR) is 166 cm³/mol. The number of imide groups is 1. The monoisotopic (exact) mass is 646 g/mol. The number of carbonyl (C=O) groups is 3. The molecule has 4 heterocycles. The summed E-state index contributed by atoms with van der Waals surface area (Å²) in [5.74, 6) is -1.41. The Morgan fingerprint density at radius 2 is 1.69 bits per heavy atom. The van der Waals surface area contributed by atoms with Gasteiger partial charge < -0.3 is 14.6 Å². The van der Waals surface area contributed by atoms with Gasteiger partial charge in [-0.1, -0.05) is 29.5 Å². The number of fused-ring (bicyclic) bond motifs is 9. The number of thioether (sulfide) groups is 1. The van der Waals surface area contributed by atoms with Crippen LogP contribution in [0, 0.1) is 39.7 Å². The van der Waals surface area contributed by atoms with Crippen molar-refractivity contribution in [3.63, 3.8) is 0 Å². The van der Waals surface area contributed by atoms with E-state index in [4.69, 9.17) is 4.74 Å². The summed E-state index contributed by atoms with van der Waals surface area (Å²) in [5, 5.41) is 12.0. The number of carbonyl (C=O) groups excluding carboxylic acids is 3. The number of nitro benzene ring substituents is 1. The van der Waals surface area contributed by atoms with Crippen LogP contribution < -0.4 is 14.5 Å². The lowest BCUT2D eigenvalue weighted by Gasteiger charge is -2.43. The predicted octanol–water partition coefficient (Wildman–Crippen LogP) is 4.41. The Kier molecular flexibility index (Phi) is 6.86. The molecule has 232 valence electrons. The number of nitrogens with one attached hydrogen (secondary N) is 1. The number of ether oxygens (including phenoxy) is 1. The molecule has 8 rings (SSSR count). The van der Waals surface area contributed by atoms with Crippen LogP contribution in [0.4, 0.5) is 11.4 Å². The maximum Gasteiger partial charge on any atom is 0.305 e. The smallest absolute Gasteiger partial charge is 0.305 e. The molecule has 3 amide bonds. The minimum absolute atomic E-state index is 0.00408. The van der Waals surface area contributed by atoms with Crippen LogP contribution in [0.3, 0.4) is 0 Å². The van der Waals surface area contributed by atoms with E-state index >= 15 is 0 Å². The van der Waals surface area contributed by atoms with E-state index in [1.54, 1.807) is 11.8 Å². The summed E-state index contributed by atoms with van der Waals surface area (Å²) in [6, 6.07) is 13.2. The number of anilines is 1. The minimum atomic E-state index is -0.511. The molecule has 11 nitrogen and oxygen atoms in total. The van der Waals surface area contributed by atoms with E-state index in [1.807, 2.05) is 29.2 Å². The highest BCUT2D eigenvalue weighted by molar-refractivity contribution is 8.00. The zero-order chi connectivity index (χ0) is 31.0. The molecule has 13 heteroatoms. The molecule has 2 aliphatic carbocycles. The van der Waals surface area contributed by atoms with Crippen LogP contribution in [0.15, 0.2) is 58.4 Å². The van der Waals surface area contributed by atoms with E-state index in [9.17, 15) is 29.3 Å². The Labute approximate surface area is 266 Å². The number of likely N-dealkylation sites (tertiary alicyclic amines) is 1. The summed E-state index contributed by atoms with van der Waals surface area (Å²) < 4.78 is 6.22. The van der Waals surface area contributed by atoms with Gasteiger partial charge in [0.1, 0.15) is 5.75 Å². The van der Waals surface area contributed by atoms with Gasteiger partial charge in [-0.3, -0.25) is 34.2 Å². The number of nitrogens with zero attached hydrogens (tertiary/aromatic N) is 3. The number of H-pyrrole nitrogens is 1. The Morgan fingerprint density at radius 1 is 0.978 bits per heavy atom. The Balaban J connectivity index is 1.13. The molecule has 5 aliphatic rings. The number of rotatable bonds is 6. The van der Waals surface area contributed by atoms with Crippen LogP contribution in [-0.4, -0.2) is 57.5 Å². The fourth-order valence-electron chi connectivity index (χ4n) is 8.59. The zero-order valence-corrected chi connectivity index (χ0v) is 25.8. The molecule has 2 bridgehead atoms. The summed E-state index contributed by atoms with van der Waals surface area (Å²) in [6.45, 7) is 1.41. The normalized spacial score (nSPS) is 29.8. The van der Waals surface area contributed by atoms with Gasteiger partial charge in [0, 0.05) is 46.8 Å². The van der Waals surface area contributed by atoms with Crippen molar-refractivity contribution in [2.24, 2.45) is 29.6 Å². The summed E-state index contributed by atoms with van der Waals surface area (Å²) >= 11 is 2.78. The number of hydrogen-bond acceptors (Lipinski definition) is 9. The molecule has 7 atom stereocenters. The van der Waals surface area contributed by atoms with E-state index < -0.39 is 16.8 Å². The SMILES string of the molecule is O=C(COc1ccccc1[C@H]1c2sc(=O)[nH]c2SC2C3CC(C4C(=O)N(c5ccc([N+](=O)[O-])cc5)C(=O)C34)C21)N1CCCCC1. The minimum Gasteiger partial charge on any atom is -0.483 e. The second-order valence-electron chi connectivity index (χ2n) is 12.5. The average Bonchev–Trinajstić information content (AvgIpc) is 3.79. The lowest BCUT2D eigenvalue weighted by atomic mass is 9.68. The molecule has 1 N–H and O–H groups in total. The van der Waals surface area contributed by atoms with Gasteiger partial charge >= 0.3 is 4.87 Å². The summed E-state index contributed by atoms with van der Waals surface area (Å²) in [5.41, 5.74) is 1.11. The molecule has 4 fully saturated rings. The van der Waals surface area contributed by atoms with E-state index in [0.29, 0.717) is 11.4 Å². The number of piperidine rings is 1. The molecule has 45 heavy (non-hydrogen) atoms. The number of non-ortho nitro benzene ring substituents is 1. The van der Waals surface area contributed by atoms with E-state index in [-0.39, 0.29) is 63.8 Å². The highest BCUT2D eigenvalue weighted by Crippen LogP contribution is 2.69. The zero-order valence-electron chi connectivity index (χ0n) is 24.1. The van der Waals surface area contributed by atoms with Gasteiger partial charge in [0.05, 0.1) is 27.5 Å². The third-order valence-electron chi connectivity index (χ3n) is 10.4. The van der Waals surface area contributed by atoms with E-state index in [1.165, 1.54) is 40.5 Å². The van der Waals surface area contributed by atoms with Crippen molar-refractivity contribution in [1.82, 2.24) is 9.88 Å². The van der Waals surface area contributed by atoms with E-state index in [0.717, 1.165) is 54.2 Å². The molecule has 2 saturated heterocycles. The second-order valence-corrected chi connectivity index (χ2v) is 14.7. The lowest BCUT2D eigenvalue weighted by Crippen LogP contribution is -2.43. The molecule has 2 saturated carbocycles. The van der Waals surface area contributed by atoms with Crippen LogP contribution in [0.1, 0.15) is 42.0 Å². The van der Waals surface area contributed by atoms with Gasteiger partial charge in [-0.15, -0.1) is 11.8 Å². The van der Waals surface area contributed by atoms with Gasteiger partial charge in [-0.05, 0) is 61.6 Å². The Hall–Kier alpha value is -3.97. The van der Waals surface area contributed by atoms with Crippen molar-refractivity contribution in [2.45, 2.75) is 41.9 Å². The quantitative estimate of drug-likeness (QED) is 0.236. The topological polar surface area (TPSA) is 143 Å². The van der Waals surface area contributed by atoms with Crippen molar-refractivity contribution in [1.29, 1.82) is 0 Å². The molecule has 0 spiro atoms. The van der Waals surface area contributed by atoms with Gasteiger partial charge in [-0.25, -0.2) is 0 Å². The number of aromatic nitrogens is 1. The van der Waals surface area contributed by atoms with Crippen LogP contribution >= 0.6 is 23.1 Å². The van der Waals surface area contributed by atoms with Crippen molar-refractivity contribution in [3.05, 3.63) is 78.8 Å². The molecule has 3 aliphatic heterocycles. The molecule has 6 unspecified atom stereocenters. The number of hydrogen-bond donors (Lipinski definition) is 1. The van der Waals surface area contributed by atoms with Crippen LogP contribution in [0.5, 0.6) is 5.75 Å². The number of benzene rings is 2. The number of thiazole rings is 1. The highest BCUT2D eigenvalue weighted by atomic mass is 32.2. The first-order valence-corrected chi connectivity index (χ1v) is 17.0. The van der Waals surface area contributed by atoms with Crippen molar-refractivity contribution in [3.8, 4) is 5.75 Å². The van der Waals surface area contributed by atoms with E-state index in [2.05, 4.69) is 4.98 Å². The molecule has 1 aromatic heterocycles. The molecule has 2 aromatic carbocycles. The second kappa shape index (κ2) is 10.8. The van der Waals surface area contributed by atoms with Crippen molar-refractivity contribution < 1.29 is 24.0 Å². The first-order valence-electron chi connectivity index (χ1n) is 15.3. The third kappa shape index (κ3) is 4.45. The average molecular weight is 647 g/mol. The number of nitro groups is 1. The molecule has 3 aromatic rings. The maximum absolute atomic E-state index is 14.0. The highest BCUT2D eigenvalue weighted by Gasteiger charge is 2.69. The Morgan fingerprint density at radius 3 is 2.42 bits per heavy atom. The molecular weight excluding hydrogens is 617 g/mol. The first kappa shape index (κ1) is 28.5. The molecule has 0 radical (unpaired) electrons. The summed E-state index contributed by atoms with van der Waals surface area (Å²) in [7, 11) is 0. The fraction of sp³-hybridized carbons (Fsp3) is 0.438. The largest absolute Gasteiger partial charge is 0.483 e. The van der Waals surface area contributed by atoms with Gasteiger partial charge in [0.25, 0.3) is 11.6 Å². The van der Waals surface area contributed by atoms with Gasteiger partial charge in [0.2, 0.25) is 11.8 Å². The van der Waals surface area contributed by atoms with Gasteiger partial charge in [-0.2, -0.15) is 0 Å². The lowest BCUT2D eigenvalue weighted by molar-refractivity contribution is -0.384. The summed E-state index contributed by atoms with van der Waals surface area (Å²) in [4.78, 5) is 71.0. The number of para-hydroxylation sites is 1. The van der Waals surface area contributed by atoms with Crippen molar-refractivity contribution in [2.75, 3.05) is 24.6 Å². The van der Waals surface area contributed by atoms with Gasteiger partial charge in [0.15, 0.2) is 6.61 Å². The van der Waals surface area contributed by atoms with Crippen LogP contribution in [0.2, 0.25) is 0 Å². The van der Waals surface area contributed by atoms with Crippen molar-refractivity contribution >= 4 is 52.2 Å². The number of aromatic amines is 1. The maximum atomic E-state index is 14.0. The standard InChI is InChI=1S/C32H30N4O7S2/c37-22(34-12-4-1-5-13-34)15-43-21-7-3-2-6-18(21)23-24-19-14-20(27(24)44-29-28(23)45-32(40)33-29)26-25(19)30(38)35(31(26)39)16-8-10-17(11-9-16)36(41)42/h2-3,6-11,19-20,23-27H,1,4-5,12-15H2,(H,33,40)/t19?,20?,23-,24?,25?,26?,27?/m1/s1. The first-order chi connectivity index (χ1) is 21.8. The summed E-state index contributed by atoms with van der Waals surface area (Å²) in [6.07, 6.45) is 3.85. The van der Waals surface area contributed by atoms with Crippen LogP contribution in [0.25, 0.3) is 0 Å². The fourth-order valence-corrected chi connectivity index (χ4v) is 11.5.